The van der Waals surface area contributed by atoms with Gasteiger partial charge in [0.25, 0.3) is 0 Å². The molecule has 1 heterocycles. The number of fused-ring (bicyclic) bond motifs is 1. The van der Waals surface area contributed by atoms with Gasteiger partial charge in [0.1, 0.15) is 5.82 Å². The highest BCUT2D eigenvalue weighted by atomic mass is 19.1. The van der Waals surface area contributed by atoms with Gasteiger partial charge in [-0.05, 0) is 42.2 Å². The van der Waals surface area contributed by atoms with Gasteiger partial charge in [0.05, 0.1) is 11.5 Å². The molecule has 0 atom stereocenters. The minimum Gasteiger partial charge on any atom is -0.343 e. The fourth-order valence-electron chi connectivity index (χ4n) is 3.97. The number of hydrogen-bond acceptors (Lipinski definition) is 1. The highest BCUT2D eigenvalue weighted by molar-refractivity contribution is 5.85. The van der Waals surface area contributed by atoms with Gasteiger partial charge in [0.2, 0.25) is 0 Å². The summed E-state index contributed by atoms with van der Waals surface area (Å²) < 4.78 is 15.3. The number of rotatable bonds is 3. The van der Waals surface area contributed by atoms with E-state index in [1.54, 1.807) is 0 Å². The topological polar surface area (TPSA) is 28.7 Å². The second-order valence-electron chi connectivity index (χ2n) is 6.72. The summed E-state index contributed by atoms with van der Waals surface area (Å²) in [5.41, 5.74) is 2.99. The number of nitrogens with zero attached hydrogens (tertiary/aromatic N) is 2. The lowest BCUT2D eigenvalue weighted by Gasteiger charge is -2.19. The number of para-hydroxylation sites is 1. The second-order valence-corrected chi connectivity index (χ2v) is 6.72. The molecule has 24 heavy (non-hydrogen) atoms. The average Bonchev–Trinajstić information content (AvgIpc) is 3.23. The van der Waals surface area contributed by atoms with Crippen LogP contribution < -0.4 is 0 Å². The molecule has 1 saturated carbocycles. The van der Waals surface area contributed by atoms with Crippen LogP contribution in [0.1, 0.15) is 36.8 Å². The molecule has 1 fully saturated rings. The van der Waals surface area contributed by atoms with Crippen LogP contribution in [0.5, 0.6) is 0 Å². The summed E-state index contributed by atoms with van der Waals surface area (Å²) in [4.78, 5) is 0. The maximum atomic E-state index is 13.1. The van der Waals surface area contributed by atoms with Crippen LogP contribution in [-0.2, 0) is 12.0 Å². The Bertz CT molecular complexity index is 909. The molecular formula is C21H19FN2. The van der Waals surface area contributed by atoms with E-state index in [9.17, 15) is 9.65 Å². The predicted octanol–water partition coefficient (Wildman–Crippen LogP) is 5.16. The van der Waals surface area contributed by atoms with E-state index in [0.29, 0.717) is 6.54 Å². The number of halogens is 1. The monoisotopic (exact) mass is 318 g/mol. The molecule has 0 N–H and O–H groups in total. The van der Waals surface area contributed by atoms with Crippen molar-refractivity contribution in [2.75, 3.05) is 0 Å². The van der Waals surface area contributed by atoms with Crippen molar-refractivity contribution in [2.24, 2.45) is 0 Å². The maximum absolute atomic E-state index is 13.1. The van der Waals surface area contributed by atoms with Crippen molar-refractivity contribution in [1.82, 2.24) is 4.57 Å². The van der Waals surface area contributed by atoms with Gasteiger partial charge < -0.3 is 4.57 Å². The van der Waals surface area contributed by atoms with Gasteiger partial charge in [-0.2, -0.15) is 5.26 Å². The van der Waals surface area contributed by atoms with Crippen LogP contribution in [0.4, 0.5) is 4.39 Å². The third-order valence-electron chi connectivity index (χ3n) is 5.24. The van der Waals surface area contributed by atoms with E-state index in [4.69, 9.17) is 0 Å². The van der Waals surface area contributed by atoms with E-state index < -0.39 is 0 Å². The number of benzene rings is 2. The molecule has 2 aromatic carbocycles. The molecule has 0 radical (unpaired) electrons. The standard InChI is InChI=1S/C21H19FN2/c22-17-9-7-16(8-10-17)13-24-14-19(18-5-1-2-6-20(18)24)21(15-23)11-3-4-12-21/h1-2,5-10,14H,3-4,11-13H2. The van der Waals surface area contributed by atoms with E-state index in [0.717, 1.165) is 42.3 Å². The zero-order valence-electron chi connectivity index (χ0n) is 13.5. The summed E-state index contributed by atoms with van der Waals surface area (Å²) in [7, 11) is 0. The van der Waals surface area contributed by atoms with Crippen molar-refractivity contribution in [3.8, 4) is 6.07 Å². The van der Waals surface area contributed by atoms with Crippen LogP contribution in [0, 0.1) is 17.1 Å². The molecule has 0 aliphatic heterocycles. The summed E-state index contributed by atoms with van der Waals surface area (Å²) in [5.74, 6) is -0.216. The Morgan fingerprint density at radius 3 is 2.46 bits per heavy atom. The molecule has 0 amide bonds. The first-order chi connectivity index (χ1) is 11.7. The van der Waals surface area contributed by atoms with Crippen molar-refractivity contribution in [3.63, 3.8) is 0 Å². The van der Waals surface area contributed by atoms with Gasteiger partial charge in [0.15, 0.2) is 0 Å². The Balaban J connectivity index is 1.82. The molecule has 1 aliphatic rings. The molecule has 1 aliphatic carbocycles. The van der Waals surface area contributed by atoms with Gasteiger partial charge in [-0.15, -0.1) is 0 Å². The molecule has 3 aromatic rings. The van der Waals surface area contributed by atoms with Crippen LogP contribution in [0.25, 0.3) is 10.9 Å². The SMILES string of the molecule is N#CC1(c2cn(Cc3ccc(F)cc3)c3ccccc23)CCCC1. The fraction of sp³-hybridized carbons (Fsp3) is 0.286. The third kappa shape index (κ3) is 2.39. The minimum absolute atomic E-state index is 0.216. The Hall–Kier alpha value is -2.60. The van der Waals surface area contributed by atoms with E-state index in [1.807, 2.05) is 24.3 Å². The van der Waals surface area contributed by atoms with E-state index in [2.05, 4.69) is 29.0 Å². The molecule has 0 bridgehead atoms. The molecule has 4 rings (SSSR count). The number of aromatic nitrogens is 1. The predicted molar refractivity (Wildman–Crippen MR) is 93.2 cm³/mol. The molecule has 0 unspecified atom stereocenters. The van der Waals surface area contributed by atoms with Crippen LogP contribution in [0.15, 0.2) is 54.7 Å². The lowest BCUT2D eigenvalue weighted by atomic mass is 9.80. The fourth-order valence-corrected chi connectivity index (χ4v) is 3.97. The first-order valence-electron chi connectivity index (χ1n) is 8.46. The summed E-state index contributed by atoms with van der Waals surface area (Å²) in [6.45, 7) is 0.683. The molecule has 3 heteroatoms. The first kappa shape index (κ1) is 15.0. The Morgan fingerprint density at radius 2 is 1.75 bits per heavy atom. The van der Waals surface area contributed by atoms with Gasteiger partial charge in [-0.1, -0.05) is 43.2 Å². The smallest absolute Gasteiger partial charge is 0.123 e. The van der Waals surface area contributed by atoms with Crippen LogP contribution in [-0.4, -0.2) is 4.57 Å². The third-order valence-corrected chi connectivity index (χ3v) is 5.24. The van der Waals surface area contributed by atoms with Crippen LogP contribution in [0.3, 0.4) is 0 Å². The van der Waals surface area contributed by atoms with Crippen molar-refractivity contribution < 1.29 is 4.39 Å². The lowest BCUT2D eigenvalue weighted by Crippen LogP contribution is -2.18. The van der Waals surface area contributed by atoms with E-state index >= 15 is 0 Å². The van der Waals surface area contributed by atoms with Gasteiger partial charge in [0, 0.05) is 23.6 Å². The van der Waals surface area contributed by atoms with Gasteiger partial charge >= 0.3 is 0 Å². The normalized spacial score (nSPS) is 16.3. The zero-order valence-corrected chi connectivity index (χ0v) is 13.5. The van der Waals surface area contributed by atoms with Gasteiger partial charge in [-0.25, -0.2) is 4.39 Å². The molecule has 1 aromatic heterocycles. The van der Waals surface area contributed by atoms with Crippen molar-refractivity contribution in [1.29, 1.82) is 5.26 Å². The van der Waals surface area contributed by atoms with E-state index in [-0.39, 0.29) is 11.2 Å². The quantitative estimate of drug-likeness (QED) is 0.655. The van der Waals surface area contributed by atoms with E-state index in [1.165, 1.54) is 17.5 Å². The van der Waals surface area contributed by atoms with Crippen molar-refractivity contribution >= 4 is 10.9 Å². The summed E-state index contributed by atoms with van der Waals surface area (Å²) in [6, 6.07) is 17.5. The molecule has 0 saturated heterocycles. The van der Waals surface area contributed by atoms with Gasteiger partial charge in [-0.3, -0.25) is 0 Å². The minimum atomic E-state index is -0.354. The summed E-state index contributed by atoms with van der Waals surface area (Å²) >= 11 is 0. The average molecular weight is 318 g/mol. The molecule has 120 valence electrons. The van der Waals surface area contributed by atoms with Crippen molar-refractivity contribution in [2.45, 2.75) is 37.6 Å². The summed E-state index contributed by atoms with van der Waals surface area (Å²) in [6.07, 6.45) is 6.25. The largest absolute Gasteiger partial charge is 0.343 e. The molecular weight excluding hydrogens is 299 g/mol. The molecule has 0 spiro atoms. The lowest BCUT2D eigenvalue weighted by molar-refractivity contribution is 0.575. The van der Waals surface area contributed by atoms with Crippen molar-refractivity contribution in [3.05, 3.63) is 71.7 Å². The Kier molecular flexibility index (Phi) is 3.61. The zero-order chi connectivity index (χ0) is 16.6. The number of hydrogen-bond donors (Lipinski definition) is 0. The number of nitriles is 1. The first-order valence-corrected chi connectivity index (χ1v) is 8.46. The van der Waals surface area contributed by atoms with Crippen LogP contribution >= 0.6 is 0 Å². The second kappa shape index (κ2) is 5.79. The summed E-state index contributed by atoms with van der Waals surface area (Å²) in [5, 5.41) is 11.0. The maximum Gasteiger partial charge on any atom is 0.123 e. The molecule has 2 nitrogen and oxygen atoms in total. The highest BCUT2D eigenvalue weighted by Gasteiger charge is 2.38. The Labute approximate surface area is 141 Å². The highest BCUT2D eigenvalue weighted by Crippen LogP contribution is 2.44. The Morgan fingerprint density at radius 1 is 1.04 bits per heavy atom. The van der Waals surface area contributed by atoms with Crippen LogP contribution in [0.2, 0.25) is 0 Å².